The lowest BCUT2D eigenvalue weighted by molar-refractivity contribution is -0.123. The highest BCUT2D eigenvalue weighted by Crippen LogP contribution is 2.24. The first kappa shape index (κ1) is 24.2. The van der Waals surface area contributed by atoms with Gasteiger partial charge in [-0.3, -0.25) is 9.69 Å². The van der Waals surface area contributed by atoms with E-state index in [1.807, 2.05) is 19.1 Å². The lowest BCUT2D eigenvalue weighted by Gasteiger charge is -2.31. The van der Waals surface area contributed by atoms with Gasteiger partial charge in [-0.1, -0.05) is 54.8 Å². The Labute approximate surface area is 187 Å². The molecule has 2 aromatic rings. The summed E-state index contributed by atoms with van der Waals surface area (Å²) in [5.41, 5.74) is 4.79. The molecule has 164 valence electrons. The van der Waals surface area contributed by atoms with Crippen LogP contribution in [0.1, 0.15) is 54.0 Å². The molecule has 0 bridgehead atoms. The van der Waals surface area contributed by atoms with E-state index in [4.69, 9.17) is 4.74 Å². The van der Waals surface area contributed by atoms with Gasteiger partial charge in [-0.2, -0.15) is 0 Å². The van der Waals surface area contributed by atoms with Crippen LogP contribution < -0.4 is 10.1 Å². The maximum atomic E-state index is 12.5. The summed E-state index contributed by atoms with van der Waals surface area (Å²) >= 11 is 0. The molecule has 30 heavy (non-hydrogen) atoms. The first-order valence-electron chi connectivity index (χ1n) is 10.8. The van der Waals surface area contributed by atoms with Crippen LogP contribution in [-0.4, -0.2) is 37.0 Å². The van der Waals surface area contributed by atoms with Gasteiger partial charge in [-0.15, -0.1) is 12.4 Å². The van der Waals surface area contributed by atoms with Crippen molar-refractivity contribution < 1.29 is 9.53 Å². The van der Waals surface area contributed by atoms with Crippen molar-refractivity contribution >= 4 is 18.3 Å². The molecule has 1 fully saturated rings. The van der Waals surface area contributed by atoms with Crippen LogP contribution in [0.25, 0.3) is 0 Å². The molecular weight excluding hydrogens is 396 g/mol. The molecule has 0 spiro atoms. The smallest absolute Gasteiger partial charge is 0.258 e. The van der Waals surface area contributed by atoms with Gasteiger partial charge in [0, 0.05) is 6.54 Å². The minimum atomic E-state index is -0.0714. The van der Waals surface area contributed by atoms with Crippen molar-refractivity contribution in [3.05, 3.63) is 64.7 Å². The normalized spacial score (nSPS) is 15.6. The Kier molecular flexibility index (Phi) is 9.67. The zero-order valence-electron chi connectivity index (χ0n) is 18.4. The minimum absolute atomic E-state index is 0. The van der Waals surface area contributed by atoms with Crippen LogP contribution in [0.15, 0.2) is 42.5 Å². The van der Waals surface area contributed by atoms with Gasteiger partial charge in [0.15, 0.2) is 6.61 Å². The molecule has 1 N–H and O–H groups in total. The first-order valence-corrected chi connectivity index (χ1v) is 10.8. The van der Waals surface area contributed by atoms with Gasteiger partial charge in [-0.25, -0.2) is 0 Å². The quantitative estimate of drug-likeness (QED) is 0.660. The van der Waals surface area contributed by atoms with Crippen LogP contribution >= 0.6 is 12.4 Å². The molecule has 1 aliphatic rings. The lowest BCUT2D eigenvalue weighted by Crippen LogP contribution is -2.40. The van der Waals surface area contributed by atoms with Crippen molar-refractivity contribution in [3.8, 4) is 5.75 Å². The van der Waals surface area contributed by atoms with Crippen LogP contribution in [0.5, 0.6) is 5.75 Å². The van der Waals surface area contributed by atoms with Gasteiger partial charge in [0.25, 0.3) is 5.91 Å². The van der Waals surface area contributed by atoms with Gasteiger partial charge >= 0.3 is 0 Å². The van der Waals surface area contributed by atoms with Crippen LogP contribution in [0.2, 0.25) is 0 Å². The fraction of sp³-hybridized carbons (Fsp3) is 0.480. The van der Waals surface area contributed by atoms with Crippen LogP contribution in [0.3, 0.4) is 0 Å². The highest BCUT2D eigenvalue weighted by molar-refractivity contribution is 5.85. The predicted molar refractivity (Wildman–Crippen MR) is 126 cm³/mol. The monoisotopic (exact) mass is 430 g/mol. The number of carbonyl (C=O) groups is 1. The van der Waals surface area contributed by atoms with Crippen molar-refractivity contribution in [2.75, 3.05) is 26.2 Å². The predicted octanol–water partition coefficient (Wildman–Crippen LogP) is 5.15. The second-order valence-electron chi connectivity index (χ2n) is 8.17. The molecular formula is C25H35ClN2O2. The van der Waals surface area contributed by atoms with Gasteiger partial charge in [0.1, 0.15) is 5.75 Å². The molecule has 0 aromatic heterocycles. The third-order valence-electron chi connectivity index (χ3n) is 5.95. The third kappa shape index (κ3) is 6.75. The van der Waals surface area contributed by atoms with E-state index in [0.29, 0.717) is 6.54 Å². The topological polar surface area (TPSA) is 41.6 Å². The van der Waals surface area contributed by atoms with E-state index >= 15 is 0 Å². The Hall–Kier alpha value is -2.04. The highest BCUT2D eigenvalue weighted by atomic mass is 35.5. The summed E-state index contributed by atoms with van der Waals surface area (Å²) in [5.74, 6) is 0.709. The van der Waals surface area contributed by atoms with Gasteiger partial charge in [0.05, 0.1) is 6.04 Å². The number of aryl methyl sites for hydroxylation is 2. The Balaban J connectivity index is 0.00000320. The second kappa shape index (κ2) is 12.0. The number of hydrogen-bond acceptors (Lipinski definition) is 3. The Morgan fingerprint density at radius 1 is 1.00 bits per heavy atom. The average molecular weight is 431 g/mol. The highest BCUT2D eigenvalue weighted by Gasteiger charge is 2.22. The maximum Gasteiger partial charge on any atom is 0.258 e. The van der Waals surface area contributed by atoms with Crippen molar-refractivity contribution in [2.45, 2.75) is 52.5 Å². The van der Waals surface area contributed by atoms with Crippen molar-refractivity contribution in [2.24, 2.45) is 0 Å². The van der Waals surface area contributed by atoms with Crippen LogP contribution in [0, 0.1) is 20.8 Å². The van der Waals surface area contributed by atoms with E-state index in [1.165, 1.54) is 42.4 Å². The molecule has 1 aliphatic heterocycles. The van der Waals surface area contributed by atoms with E-state index < -0.39 is 0 Å². The number of likely N-dealkylation sites (tertiary alicyclic amines) is 1. The summed E-state index contributed by atoms with van der Waals surface area (Å²) in [5, 5.41) is 3.11. The number of nitrogens with one attached hydrogen (secondary N) is 1. The average Bonchev–Trinajstić information content (AvgIpc) is 3.00. The molecule has 0 saturated carbocycles. The van der Waals surface area contributed by atoms with E-state index in [0.717, 1.165) is 24.4 Å². The van der Waals surface area contributed by atoms with Gasteiger partial charge in [0.2, 0.25) is 0 Å². The molecule has 0 aliphatic carbocycles. The Bertz CT molecular complexity index is 799. The number of halogens is 1. The number of rotatable bonds is 7. The molecule has 0 radical (unpaired) electrons. The number of nitrogens with zero attached hydrogens (tertiary/aromatic N) is 1. The number of ether oxygens (including phenoxy) is 1. The zero-order valence-corrected chi connectivity index (χ0v) is 19.3. The largest absolute Gasteiger partial charge is 0.483 e. The molecule has 2 aromatic carbocycles. The summed E-state index contributed by atoms with van der Waals surface area (Å²) in [7, 11) is 0. The van der Waals surface area contributed by atoms with Crippen LogP contribution in [0.4, 0.5) is 0 Å². The van der Waals surface area contributed by atoms with Gasteiger partial charge in [-0.05, 0) is 69.5 Å². The number of benzene rings is 2. The molecule has 1 saturated heterocycles. The van der Waals surface area contributed by atoms with E-state index in [1.54, 1.807) is 0 Å². The second-order valence-corrected chi connectivity index (χ2v) is 8.17. The molecule has 4 nitrogen and oxygen atoms in total. The third-order valence-corrected chi connectivity index (χ3v) is 5.95. The van der Waals surface area contributed by atoms with Crippen molar-refractivity contribution in [1.82, 2.24) is 10.2 Å². The van der Waals surface area contributed by atoms with Crippen molar-refractivity contribution in [3.63, 3.8) is 0 Å². The fourth-order valence-electron chi connectivity index (χ4n) is 3.94. The summed E-state index contributed by atoms with van der Waals surface area (Å²) in [6, 6.07) is 14.9. The summed E-state index contributed by atoms with van der Waals surface area (Å²) in [4.78, 5) is 15.0. The Morgan fingerprint density at radius 3 is 2.33 bits per heavy atom. The standard InChI is InChI=1S/C25H34N2O2.ClH/c1-19-11-13-22(14-12-19)23(27-15-6-4-5-7-16-27)17-26-25(28)18-29-24-10-8-9-20(2)21(24)3;/h8-14,23H,4-7,15-18H2,1-3H3,(H,26,28);1H. The summed E-state index contributed by atoms with van der Waals surface area (Å²) in [6.45, 7) is 9.02. The first-order chi connectivity index (χ1) is 14.0. The summed E-state index contributed by atoms with van der Waals surface area (Å²) < 4.78 is 5.77. The molecule has 3 rings (SSSR count). The SMILES string of the molecule is Cc1ccc(C(CNC(=O)COc2cccc(C)c2C)N2CCCCCC2)cc1.Cl. The van der Waals surface area contributed by atoms with E-state index in [2.05, 4.69) is 54.4 Å². The van der Waals surface area contributed by atoms with E-state index in [-0.39, 0.29) is 31.0 Å². The number of amides is 1. The molecule has 1 amide bonds. The lowest BCUT2D eigenvalue weighted by atomic mass is 10.0. The molecule has 1 unspecified atom stereocenters. The molecule has 1 heterocycles. The zero-order chi connectivity index (χ0) is 20.6. The molecule has 5 heteroatoms. The summed E-state index contributed by atoms with van der Waals surface area (Å²) in [6.07, 6.45) is 5.05. The maximum absolute atomic E-state index is 12.5. The number of hydrogen-bond donors (Lipinski definition) is 1. The molecule has 1 atom stereocenters. The van der Waals surface area contributed by atoms with Gasteiger partial charge < -0.3 is 10.1 Å². The Morgan fingerprint density at radius 2 is 1.67 bits per heavy atom. The minimum Gasteiger partial charge on any atom is -0.483 e. The fourth-order valence-corrected chi connectivity index (χ4v) is 3.94. The number of carbonyl (C=O) groups excluding carboxylic acids is 1. The van der Waals surface area contributed by atoms with E-state index in [9.17, 15) is 4.79 Å². The van der Waals surface area contributed by atoms with Crippen LogP contribution in [-0.2, 0) is 4.79 Å². The van der Waals surface area contributed by atoms with Crippen molar-refractivity contribution in [1.29, 1.82) is 0 Å².